The molecule has 0 fully saturated rings. The third-order valence-corrected chi connectivity index (χ3v) is 2.25. The number of pyridine rings is 1. The standard InChI is InChI=1S/C13H14N2O/c1-2-16-13-6-4-3-5-11(13)12-9-10(14)7-8-15-12/h3-9H,2H2,1H3,(H2,14,15). The first-order valence-electron chi connectivity index (χ1n) is 5.25. The normalized spacial score (nSPS) is 10.1. The monoisotopic (exact) mass is 214 g/mol. The molecule has 82 valence electrons. The number of ether oxygens (including phenoxy) is 1. The maximum atomic E-state index is 5.74. The maximum absolute atomic E-state index is 5.74. The van der Waals surface area contributed by atoms with Gasteiger partial charge in [0.15, 0.2) is 0 Å². The first-order chi connectivity index (χ1) is 7.81. The van der Waals surface area contributed by atoms with Crippen LogP contribution >= 0.6 is 0 Å². The van der Waals surface area contributed by atoms with Crippen molar-refractivity contribution in [2.45, 2.75) is 6.92 Å². The van der Waals surface area contributed by atoms with Crippen molar-refractivity contribution in [3.8, 4) is 17.0 Å². The molecule has 0 aliphatic rings. The molecule has 0 atom stereocenters. The summed E-state index contributed by atoms with van der Waals surface area (Å²) in [6.45, 7) is 2.60. The lowest BCUT2D eigenvalue weighted by molar-refractivity contribution is 0.341. The van der Waals surface area contributed by atoms with Gasteiger partial charge in [0.25, 0.3) is 0 Å². The molecule has 0 spiro atoms. The van der Waals surface area contributed by atoms with E-state index in [0.717, 1.165) is 17.0 Å². The number of para-hydroxylation sites is 1. The minimum Gasteiger partial charge on any atom is -0.493 e. The predicted octanol–water partition coefficient (Wildman–Crippen LogP) is 2.73. The zero-order valence-corrected chi connectivity index (χ0v) is 9.18. The fourth-order valence-corrected chi connectivity index (χ4v) is 1.55. The summed E-state index contributed by atoms with van der Waals surface area (Å²) >= 11 is 0. The predicted molar refractivity (Wildman–Crippen MR) is 65.3 cm³/mol. The smallest absolute Gasteiger partial charge is 0.128 e. The largest absolute Gasteiger partial charge is 0.493 e. The summed E-state index contributed by atoms with van der Waals surface area (Å²) in [6.07, 6.45) is 1.70. The molecule has 2 aromatic rings. The molecular formula is C13H14N2O. The van der Waals surface area contributed by atoms with Crippen molar-refractivity contribution in [2.24, 2.45) is 0 Å². The van der Waals surface area contributed by atoms with Gasteiger partial charge in [-0.15, -0.1) is 0 Å². The summed E-state index contributed by atoms with van der Waals surface area (Å²) in [7, 11) is 0. The number of rotatable bonds is 3. The average molecular weight is 214 g/mol. The summed E-state index contributed by atoms with van der Waals surface area (Å²) in [5.41, 5.74) is 8.25. The highest BCUT2D eigenvalue weighted by molar-refractivity contribution is 5.69. The van der Waals surface area contributed by atoms with E-state index in [2.05, 4.69) is 4.98 Å². The van der Waals surface area contributed by atoms with Gasteiger partial charge in [-0.1, -0.05) is 12.1 Å². The molecule has 0 aliphatic heterocycles. The van der Waals surface area contributed by atoms with Crippen LogP contribution in [0, 0.1) is 0 Å². The molecule has 0 saturated heterocycles. The van der Waals surface area contributed by atoms with Gasteiger partial charge in [0, 0.05) is 17.4 Å². The van der Waals surface area contributed by atoms with E-state index in [-0.39, 0.29) is 0 Å². The van der Waals surface area contributed by atoms with Crippen LogP contribution in [-0.4, -0.2) is 11.6 Å². The number of aromatic nitrogens is 1. The molecule has 3 heteroatoms. The second-order valence-corrected chi connectivity index (χ2v) is 3.40. The van der Waals surface area contributed by atoms with Gasteiger partial charge in [-0.3, -0.25) is 4.98 Å². The Morgan fingerprint density at radius 2 is 2.06 bits per heavy atom. The van der Waals surface area contributed by atoms with Gasteiger partial charge in [0.2, 0.25) is 0 Å². The number of benzene rings is 1. The molecule has 1 aromatic carbocycles. The third-order valence-electron chi connectivity index (χ3n) is 2.25. The molecule has 2 N–H and O–H groups in total. The van der Waals surface area contributed by atoms with Crippen molar-refractivity contribution in [1.29, 1.82) is 0 Å². The van der Waals surface area contributed by atoms with E-state index in [4.69, 9.17) is 10.5 Å². The van der Waals surface area contributed by atoms with E-state index < -0.39 is 0 Å². The number of nitrogen functional groups attached to an aromatic ring is 1. The lowest BCUT2D eigenvalue weighted by Gasteiger charge is -2.09. The Kier molecular flexibility index (Phi) is 3.05. The Labute approximate surface area is 94.9 Å². The van der Waals surface area contributed by atoms with Crippen molar-refractivity contribution in [3.05, 3.63) is 42.6 Å². The molecule has 1 aromatic heterocycles. The number of hydrogen-bond donors (Lipinski definition) is 1. The Hall–Kier alpha value is -2.03. The summed E-state index contributed by atoms with van der Waals surface area (Å²) in [5, 5.41) is 0. The van der Waals surface area contributed by atoms with Crippen molar-refractivity contribution in [2.75, 3.05) is 12.3 Å². The minimum absolute atomic E-state index is 0.638. The third kappa shape index (κ3) is 2.14. The fraction of sp³-hybridized carbons (Fsp3) is 0.154. The highest BCUT2D eigenvalue weighted by Crippen LogP contribution is 2.28. The van der Waals surface area contributed by atoms with Crippen molar-refractivity contribution < 1.29 is 4.74 Å². The van der Waals surface area contributed by atoms with Gasteiger partial charge in [-0.25, -0.2) is 0 Å². The van der Waals surface area contributed by atoms with Gasteiger partial charge in [-0.2, -0.15) is 0 Å². The molecule has 0 amide bonds. The molecule has 0 unspecified atom stereocenters. The molecule has 1 heterocycles. The van der Waals surface area contributed by atoms with Gasteiger partial charge < -0.3 is 10.5 Å². The molecular weight excluding hydrogens is 200 g/mol. The van der Waals surface area contributed by atoms with Crippen LogP contribution in [0.4, 0.5) is 5.69 Å². The van der Waals surface area contributed by atoms with Gasteiger partial charge >= 0.3 is 0 Å². The second-order valence-electron chi connectivity index (χ2n) is 3.40. The zero-order chi connectivity index (χ0) is 11.4. The summed E-state index contributed by atoms with van der Waals surface area (Å²) in [4.78, 5) is 4.29. The van der Waals surface area contributed by atoms with Gasteiger partial charge in [0.1, 0.15) is 5.75 Å². The Morgan fingerprint density at radius 1 is 1.25 bits per heavy atom. The second kappa shape index (κ2) is 4.66. The maximum Gasteiger partial charge on any atom is 0.128 e. The van der Waals surface area contributed by atoms with Crippen LogP contribution in [0.15, 0.2) is 42.6 Å². The van der Waals surface area contributed by atoms with E-state index in [9.17, 15) is 0 Å². The van der Waals surface area contributed by atoms with Crippen LogP contribution in [-0.2, 0) is 0 Å². The summed E-state index contributed by atoms with van der Waals surface area (Å²) in [6, 6.07) is 11.4. The van der Waals surface area contributed by atoms with Crippen LogP contribution in [0.3, 0.4) is 0 Å². The van der Waals surface area contributed by atoms with E-state index in [1.54, 1.807) is 12.3 Å². The fourth-order valence-electron chi connectivity index (χ4n) is 1.55. The van der Waals surface area contributed by atoms with E-state index in [1.165, 1.54) is 0 Å². The van der Waals surface area contributed by atoms with Crippen molar-refractivity contribution in [1.82, 2.24) is 4.98 Å². The molecule has 0 saturated carbocycles. The molecule has 2 rings (SSSR count). The highest BCUT2D eigenvalue weighted by Gasteiger charge is 2.06. The lowest BCUT2D eigenvalue weighted by Crippen LogP contribution is -1.95. The van der Waals surface area contributed by atoms with E-state index >= 15 is 0 Å². The summed E-state index contributed by atoms with van der Waals surface area (Å²) < 4.78 is 5.55. The Bertz CT molecular complexity index is 483. The van der Waals surface area contributed by atoms with Crippen LogP contribution in [0.2, 0.25) is 0 Å². The van der Waals surface area contributed by atoms with E-state index in [0.29, 0.717) is 12.3 Å². The topological polar surface area (TPSA) is 48.1 Å². The number of nitrogens with two attached hydrogens (primary N) is 1. The Morgan fingerprint density at radius 3 is 2.81 bits per heavy atom. The number of nitrogens with zero attached hydrogens (tertiary/aromatic N) is 1. The first-order valence-corrected chi connectivity index (χ1v) is 5.25. The van der Waals surface area contributed by atoms with Crippen LogP contribution in [0.5, 0.6) is 5.75 Å². The minimum atomic E-state index is 0.638. The summed E-state index contributed by atoms with van der Waals surface area (Å²) in [5.74, 6) is 0.836. The molecule has 0 aliphatic carbocycles. The SMILES string of the molecule is CCOc1ccccc1-c1cc(N)ccn1. The molecule has 0 bridgehead atoms. The quantitative estimate of drug-likeness (QED) is 0.854. The molecule has 3 nitrogen and oxygen atoms in total. The van der Waals surface area contributed by atoms with Crippen molar-refractivity contribution in [3.63, 3.8) is 0 Å². The van der Waals surface area contributed by atoms with Crippen LogP contribution in [0.25, 0.3) is 11.3 Å². The molecule has 16 heavy (non-hydrogen) atoms. The highest BCUT2D eigenvalue weighted by atomic mass is 16.5. The van der Waals surface area contributed by atoms with E-state index in [1.807, 2.05) is 37.3 Å². The van der Waals surface area contributed by atoms with Gasteiger partial charge in [0.05, 0.1) is 12.3 Å². The van der Waals surface area contributed by atoms with Crippen LogP contribution in [0.1, 0.15) is 6.92 Å². The van der Waals surface area contributed by atoms with Crippen molar-refractivity contribution >= 4 is 5.69 Å². The first kappa shape index (κ1) is 10.5. The van der Waals surface area contributed by atoms with Gasteiger partial charge in [-0.05, 0) is 31.2 Å². The Balaban J connectivity index is 2.46. The number of anilines is 1. The average Bonchev–Trinajstić information content (AvgIpc) is 2.30. The lowest BCUT2D eigenvalue weighted by atomic mass is 10.1. The zero-order valence-electron chi connectivity index (χ0n) is 9.18. The number of hydrogen-bond acceptors (Lipinski definition) is 3. The molecule has 0 radical (unpaired) electrons. The van der Waals surface area contributed by atoms with Crippen LogP contribution < -0.4 is 10.5 Å².